The Morgan fingerprint density at radius 2 is 1.17 bits per heavy atom. The molecule has 4 aliphatic rings. The molecule has 4 saturated heterocycles. The Morgan fingerprint density at radius 3 is 1.74 bits per heavy atom. The second kappa shape index (κ2) is 18.1. The monoisotopic (exact) mass is 781 g/mol. The fourth-order valence-corrected chi connectivity index (χ4v) is 6.49. The Labute approximate surface area is 306 Å². The molecule has 0 bridgehead atoms. The van der Waals surface area contributed by atoms with Gasteiger partial charge in [0.15, 0.2) is 31.1 Å². The summed E-state index contributed by atoms with van der Waals surface area (Å²) in [5.41, 5.74) is 0.699. The molecule has 1 aromatic rings. The number of carboxylic acid groups (broad SMARTS) is 1. The Bertz CT molecular complexity index is 1380. The summed E-state index contributed by atoms with van der Waals surface area (Å²) in [5, 5.41) is 128. The van der Waals surface area contributed by atoms with Gasteiger partial charge >= 0.3 is 5.97 Å². The Hall–Kier alpha value is -2.56. The number of hydrogen-bond acceptors (Lipinski definition) is 20. The lowest BCUT2D eigenvalue weighted by Gasteiger charge is -2.47. The molecular formula is C32H47NO21. The third-order valence-corrected chi connectivity index (χ3v) is 9.70. The van der Waals surface area contributed by atoms with Crippen LogP contribution in [0, 0.1) is 0 Å². The average Bonchev–Trinajstić information content (AvgIpc) is 3.15. The maximum Gasteiger partial charge on any atom is 0.335 e. The molecule has 4 aliphatic heterocycles. The predicted octanol–water partition coefficient (Wildman–Crippen LogP) is -7.26. The van der Waals surface area contributed by atoms with Gasteiger partial charge in [-0.05, 0) is 12.5 Å². The maximum atomic E-state index is 12.9. The number of carbonyl (C=O) groups is 2. The van der Waals surface area contributed by atoms with Crippen molar-refractivity contribution in [3.8, 4) is 0 Å². The first-order chi connectivity index (χ1) is 25.5. The minimum Gasteiger partial charge on any atom is -0.479 e. The molecule has 1 amide bonds. The highest BCUT2D eigenvalue weighted by Crippen LogP contribution is 2.32. The zero-order valence-electron chi connectivity index (χ0n) is 28.6. The summed E-state index contributed by atoms with van der Waals surface area (Å²) in [4.78, 5) is 24.4. The van der Waals surface area contributed by atoms with Crippen LogP contribution in [0.2, 0.25) is 0 Å². The van der Waals surface area contributed by atoms with Crippen LogP contribution in [0.25, 0.3) is 0 Å². The maximum absolute atomic E-state index is 12.9. The Morgan fingerprint density at radius 1 is 0.630 bits per heavy atom. The van der Waals surface area contributed by atoms with Crippen LogP contribution >= 0.6 is 0 Å². The van der Waals surface area contributed by atoms with Gasteiger partial charge in [0.2, 0.25) is 0 Å². The van der Waals surface area contributed by atoms with E-state index in [4.69, 9.17) is 33.2 Å². The number of aliphatic hydroxyl groups is 11. The number of carboxylic acids is 1. The summed E-state index contributed by atoms with van der Waals surface area (Å²) in [6.07, 6.45) is -36.3. The molecule has 4 fully saturated rings. The highest BCUT2D eigenvalue weighted by atomic mass is 16.7. The zero-order valence-corrected chi connectivity index (χ0v) is 28.6. The van der Waals surface area contributed by atoms with Crippen LogP contribution in [0.15, 0.2) is 30.3 Å². The van der Waals surface area contributed by atoms with Crippen molar-refractivity contribution in [1.29, 1.82) is 0 Å². The van der Waals surface area contributed by atoms with Gasteiger partial charge in [0.1, 0.15) is 85.5 Å². The van der Waals surface area contributed by atoms with Crippen LogP contribution in [0.1, 0.15) is 12.5 Å². The van der Waals surface area contributed by atoms with Crippen molar-refractivity contribution in [3.05, 3.63) is 35.9 Å². The highest BCUT2D eigenvalue weighted by molar-refractivity contribution is 5.81. The Balaban J connectivity index is 1.24. The third-order valence-electron chi connectivity index (χ3n) is 9.70. The van der Waals surface area contributed by atoms with Gasteiger partial charge < -0.3 is 99.8 Å². The van der Waals surface area contributed by atoms with E-state index in [-0.39, 0.29) is 6.54 Å². The number of nitrogens with one attached hydrogen (secondary N) is 1. The fraction of sp³-hybridized carbons (Fsp3) is 0.750. The van der Waals surface area contributed by atoms with E-state index < -0.39 is 148 Å². The van der Waals surface area contributed by atoms with Gasteiger partial charge in [-0.3, -0.25) is 4.79 Å². The topological polar surface area (TPSA) is 354 Å². The molecule has 0 spiro atoms. The number of aliphatic hydroxyl groups excluding tert-OH is 11. The van der Waals surface area contributed by atoms with Crippen molar-refractivity contribution in [3.63, 3.8) is 0 Å². The zero-order chi connectivity index (χ0) is 39.6. The van der Waals surface area contributed by atoms with Crippen molar-refractivity contribution < 1.29 is 104 Å². The molecule has 0 aliphatic carbocycles. The average molecular weight is 782 g/mol. The summed E-state index contributed by atoms with van der Waals surface area (Å²) < 4.78 is 38.5. The van der Waals surface area contributed by atoms with Crippen molar-refractivity contribution in [2.45, 2.75) is 136 Å². The van der Waals surface area contributed by atoms with Crippen molar-refractivity contribution in [1.82, 2.24) is 5.32 Å². The molecule has 54 heavy (non-hydrogen) atoms. The van der Waals surface area contributed by atoms with Gasteiger partial charge in [-0.15, -0.1) is 0 Å². The lowest BCUT2D eigenvalue weighted by atomic mass is 9.94. The van der Waals surface area contributed by atoms with E-state index in [1.165, 1.54) is 6.92 Å². The van der Waals surface area contributed by atoms with E-state index in [9.17, 15) is 70.9 Å². The first-order valence-corrected chi connectivity index (χ1v) is 17.1. The van der Waals surface area contributed by atoms with Crippen LogP contribution < -0.4 is 5.32 Å². The Kier molecular flexibility index (Phi) is 14.3. The molecule has 13 N–H and O–H groups in total. The minimum absolute atomic E-state index is 0.0177. The minimum atomic E-state index is -2.04. The lowest BCUT2D eigenvalue weighted by molar-refractivity contribution is -0.361. The molecule has 4 heterocycles. The van der Waals surface area contributed by atoms with Crippen LogP contribution in [0.4, 0.5) is 0 Å². The molecule has 20 atom stereocenters. The molecule has 0 radical (unpaired) electrons. The molecule has 306 valence electrons. The van der Waals surface area contributed by atoms with Gasteiger partial charge in [-0.25, -0.2) is 4.79 Å². The summed E-state index contributed by atoms with van der Waals surface area (Å²) in [6.45, 7) is -0.146. The highest BCUT2D eigenvalue weighted by Gasteiger charge is 2.54. The van der Waals surface area contributed by atoms with E-state index in [2.05, 4.69) is 5.32 Å². The van der Waals surface area contributed by atoms with Crippen LogP contribution in [-0.4, -0.2) is 209 Å². The van der Waals surface area contributed by atoms with Gasteiger partial charge in [-0.1, -0.05) is 30.3 Å². The molecule has 0 saturated carbocycles. The van der Waals surface area contributed by atoms with Gasteiger partial charge in [0, 0.05) is 6.54 Å². The second-order valence-corrected chi connectivity index (χ2v) is 13.4. The van der Waals surface area contributed by atoms with E-state index in [0.29, 0.717) is 5.56 Å². The predicted molar refractivity (Wildman–Crippen MR) is 169 cm³/mol. The largest absolute Gasteiger partial charge is 0.479 e. The quantitative estimate of drug-likeness (QED) is 0.0936. The van der Waals surface area contributed by atoms with E-state index in [0.717, 1.165) is 0 Å². The van der Waals surface area contributed by atoms with E-state index in [1.807, 2.05) is 0 Å². The number of rotatable bonds is 12. The first kappa shape index (κ1) is 42.6. The summed E-state index contributed by atoms with van der Waals surface area (Å²) in [7, 11) is 0. The molecule has 5 rings (SSSR count). The molecule has 20 unspecified atom stereocenters. The van der Waals surface area contributed by atoms with Gasteiger partial charge in [-0.2, -0.15) is 0 Å². The lowest BCUT2D eigenvalue weighted by Crippen LogP contribution is -2.66. The van der Waals surface area contributed by atoms with Gasteiger partial charge in [0.05, 0.1) is 19.3 Å². The number of benzene rings is 1. The summed E-state index contributed by atoms with van der Waals surface area (Å²) in [6, 6.07) is 8.67. The molecule has 22 nitrogen and oxygen atoms in total. The van der Waals surface area contributed by atoms with Crippen LogP contribution in [0.5, 0.6) is 0 Å². The number of amides is 1. The second-order valence-electron chi connectivity index (χ2n) is 13.4. The van der Waals surface area contributed by atoms with E-state index >= 15 is 0 Å². The number of ether oxygens (including phenoxy) is 7. The number of carbonyl (C=O) groups excluding carboxylic acids is 1. The fourth-order valence-electron chi connectivity index (χ4n) is 6.49. The molecular weight excluding hydrogens is 734 g/mol. The first-order valence-electron chi connectivity index (χ1n) is 17.1. The normalized spacial score (nSPS) is 45.8. The SMILES string of the molecule is CC1OC(COC2OC(CO)C(O)C(OC3OC(C(=O)NCc4ccccc4)C(O)C(O)C3O)C2O)C(O)C(OC2OC(C(=O)O)C(O)C(O)C2O)C1O. The summed E-state index contributed by atoms with van der Waals surface area (Å²) in [5.74, 6) is -2.59. The smallest absolute Gasteiger partial charge is 0.335 e. The van der Waals surface area contributed by atoms with Crippen LogP contribution in [-0.2, 0) is 49.3 Å². The van der Waals surface area contributed by atoms with Gasteiger partial charge in [0.25, 0.3) is 5.91 Å². The molecule has 22 heteroatoms. The third kappa shape index (κ3) is 9.01. The van der Waals surface area contributed by atoms with Crippen molar-refractivity contribution in [2.24, 2.45) is 0 Å². The standard InChI is InChI=1S/C32H47NO21/c1-10-14(35)24(51-32-22(43)18(39)20(41)27(54-32)29(46)47)16(37)13(49-10)9-48-30-23(44)25(15(36)12(8-34)50-30)52-31-21(42)17(38)19(40)26(53-31)28(45)33-7-11-5-3-2-4-6-11/h2-6,10,12-27,30-32,34-44H,7-9H2,1H3,(H,33,45)(H,46,47). The number of aliphatic carboxylic acids is 1. The molecule has 0 aromatic heterocycles. The van der Waals surface area contributed by atoms with Crippen LogP contribution in [0.3, 0.4) is 0 Å². The van der Waals surface area contributed by atoms with Crippen molar-refractivity contribution in [2.75, 3.05) is 13.2 Å². The van der Waals surface area contributed by atoms with E-state index in [1.54, 1.807) is 30.3 Å². The summed E-state index contributed by atoms with van der Waals surface area (Å²) >= 11 is 0. The van der Waals surface area contributed by atoms with Crippen molar-refractivity contribution >= 4 is 11.9 Å². The number of hydrogen-bond donors (Lipinski definition) is 13. The molecule has 1 aromatic carbocycles.